The summed E-state index contributed by atoms with van der Waals surface area (Å²) in [5.74, 6) is 0. The van der Waals surface area contributed by atoms with Gasteiger partial charge in [0.2, 0.25) is 0 Å². The van der Waals surface area contributed by atoms with Gasteiger partial charge in [-0.15, -0.1) is 11.3 Å². The summed E-state index contributed by atoms with van der Waals surface area (Å²) < 4.78 is 28.5. The van der Waals surface area contributed by atoms with Crippen LogP contribution in [0.25, 0.3) is 0 Å². The van der Waals surface area contributed by atoms with Crippen LogP contribution in [-0.4, -0.2) is 46.2 Å². The number of nitrogens with one attached hydrogen (secondary N) is 2. The third kappa shape index (κ3) is 2.87. The zero-order chi connectivity index (χ0) is 14.0. The molecule has 2 aromatic rings. The molecule has 20 heavy (non-hydrogen) atoms. The van der Waals surface area contributed by atoms with Crippen molar-refractivity contribution in [3.63, 3.8) is 0 Å². The van der Waals surface area contributed by atoms with Gasteiger partial charge >= 0.3 is 0 Å². The maximum Gasteiger partial charge on any atom is 0.280 e. The van der Waals surface area contributed by atoms with Crippen LogP contribution in [0.2, 0.25) is 0 Å². The zero-order valence-corrected chi connectivity index (χ0v) is 12.2. The molecule has 0 spiro atoms. The summed E-state index contributed by atoms with van der Waals surface area (Å²) in [5.41, 5.74) is 0.752. The fourth-order valence-electron chi connectivity index (χ4n) is 2.10. The van der Waals surface area contributed by atoms with E-state index in [1.807, 2.05) is 5.38 Å². The monoisotopic (exact) mass is 314 g/mol. The highest BCUT2D eigenvalue weighted by molar-refractivity contribution is 7.87. The lowest BCUT2D eigenvalue weighted by atomic mass is 10.2. The topological polar surface area (TPSA) is 104 Å². The number of thiazole rings is 1. The van der Waals surface area contributed by atoms with Crippen molar-refractivity contribution in [3.05, 3.63) is 28.5 Å². The van der Waals surface area contributed by atoms with Gasteiger partial charge in [-0.1, -0.05) is 0 Å². The Kier molecular flexibility index (Phi) is 3.78. The van der Waals surface area contributed by atoms with E-state index in [4.69, 9.17) is 0 Å². The average Bonchev–Trinajstić information content (AvgIpc) is 3.10. The smallest absolute Gasteiger partial charge is 0.248 e. The fourth-order valence-corrected chi connectivity index (χ4v) is 4.32. The standard InChI is InChI=1S/C10H14N6O2S2/c17-20(18)14-9(10-11-3-6-19-10)2-5-16(20)4-1-8-7-12-15-13-8/h3,6-7,9,14H,1-2,4-5H2,(H,12,13,15)/t9-/m0/s1. The third-order valence-electron chi connectivity index (χ3n) is 3.13. The van der Waals surface area contributed by atoms with Crippen molar-refractivity contribution in [1.29, 1.82) is 0 Å². The summed E-state index contributed by atoms with van der Waals surface area (Å²) in [7, 11) is -3.46. The highest BCUT2D eigenvalue weighted by atomic mass is 32.2. The SMILES string of the molecule is O=S1(=O)N[C@H](c2nccs2)CCN1CCc1cn[nH]n1. The lowest BCUT2D eigenvalue weighted by molar-refractivity contribution is 0.343. The van der Waals surface area contributed by atoms with Crippen molar-refractivity contribution >= 4 is 21.5 Å². The lowest BCUT2D eigenvalue weighted by Crippen LogP contribution is -2.48. The van der Waals surface area contributed by atoms with Crippen molar-refractivity contribution in [3.8, 4) is 0 Å². The summed E-state index contributed by atoms with van der Waals surface area (Å²) in [4.78, 5) is 4.17. The molecule has 8 nitrogen and oxygen atoms in total. The summed E-state index contributed by atoms with van der Waals surface area (Å²) >= 11 is 1.46. The molecular formula is C10H14N6O2S2. The van der Waals surface area contributed by atoms with E-state index in [2.05, 4.69) is 25.1 Å². The van der Waals surface area contributed by atoms with Gasteiger partial charge in [0.05, 0.1) is 17.9 Å². The Hall–Kier alpha value is -1.36. The first-order valence-corrected chi connectivity index (χ1v) is 8.48. The quantitative estimate of drug-likeness (QED) is 0.832. The Labute approximate surface area is 120 Å². The van der Waals surface area contributed by atoms with Gasteiger partial charge in [0.15, 0.2) is 0 Å². The first-order chi connectivity index (χ1) is 9.65. The van der Waals surface area contributed by atoms with E-state index in [0.29, 0.717) is 25.9 Å². The molecule has 0 unspecified atom stereocenters. The van der Waals surface area contributed by atoms with E-state index in [0.717, 1.165) is 10.7 Å². The molecule has 0 saturated carbocycles. The van der Waals surface area contributed by atoms with Gasteiger partial charge < -0.3 is 0 Å². The van der Waals surface area contributed by atoms with Crippen LogP contribution >= 0.6 is 11.3 Å². The Balaban J connectivity index is 1.64. The van der Waals surface area contributed by atoms with Gasteiger partial charge in [-0.2, -0.15) is 32.9 Å². The van der Waals surface area contributed by atoms with Gasteiger partial charge in [0, 0.05) is 31.1 Å². The van der Waals surface area contributed by atoms with Gasteiger partial charge in [-0.3, -0.25) is 0 Å². The normalized spacial score (nSPS) is 22.9. The van der Waals surface area contributed by atoms with Crippen LogP contribution in [0.1, 0.15) is 23.2 Å². The highest BCUT2D eigenvalue weighted by Crippen LogP contribution is 2.25. The van der Waals surface area contributed by atoms with Crippen molar-refractivity contribution in [2.45, 2.75) is 18.9 Å². The van der Waals surface area contributed by atoms with Crippen molar-refractivity contribution in [2.24, 2.45) is 0 Å². The Morgan fingerprint density at radius 3 is 3.05 bits per heavy atom. The highest BCUT2D eigenvalue weighted by Gasteiger charge is 2.32. The van der Waals surface area contributed by atoms with Crippen molar-refractivity contribution < 1.29 is 8.42 Å². The van der Waals surface area contributed by atoms with E-state index in [9.17, 15) is 8.42 Å². The molecule has 1 saturated heterocycles. The number of nitrogens with zero attached hydrogens (tertiary/aromatic N) is 4. The molecule has 0 radical (unpaired) electrons. The van der Waals surface area contributed by atoms with Crippen molar-refractivity contribution in [2.75, 3.05) is 13.1 Å². The van der Waals surface area contributed by atoms with Crippen LogP contribution in [0.5, 0.6) is 0 Å². The Morgan fingerprint density at radius 1 is 1.50 bits per heavy atom. The summed E-state index contributed by atoms with van der Waals surface area (Å²) in [6, 6.07) is -0.219. The second-order valence-electron chi connectivity index (χ2n) is 4.44. The van der Waals surface area contributed by atoms with Crippen LogP contribution in [0.4, 0.5) is 0 Å². The van der Waals surface area contributed by atoms with Gasteiger partial charge in [-0.05, 0) is 6.42 Å². The molecule has 2 N–H and O–H groups in total. The predicted octanol–water partition coefficient (Wildman–Crippen LogP) is 0.0851. The van der Waals surface area contributed by atoms with Gasteiger partial charge in [-0.25, -0.2) is 4.98 Å². The van der Waals surface area contributed by atoms with Crippen LogP contribution < -0.4 is 4.72 Å². The zero-order valence-electron chi connectivity index (χ0n) is 10.6. The number of aromatic amines is 1. The van der Waals surface area contributed by atoms with Crippen LogP contribution in [0, 0.1) is 0 Å². The number of rotatable bonds is 4. The third-order valence-corrected chi connectivity index (χ3v) is 5.65. The van der Waals surface area contributed by atoms with Gasteiger partial charge in [0.25, 0.3) is 10.2 Å². The molecule has 0 aliphatic carbocycles. The summed E-state index contributed by atoms with van der Waals surface area (Å²) in [6.07, 6.45) is 4.54. The second kappa shape index (κ2) is 5.56. The molecule has 0 bridgehead atoms. The van der Waals surface area contributed by atoms with Gasteiger partial charge in [0.1, 0.15) is 5.01 Å². The molecule has 1 aliphatic heterocycles. The van der Waals surface area contributed by atoms with Crippen LogP contribution in [0.3, 0.4) is 0 Å². The number of hydrogen-bond acceptors (Lipinski definition) is 6. The maximum absolute atomic E-state index is 12.2. The fraction of sp³-hybridized carbons (Fsp3) is 0.500. The predicted molar refractivity (Wildman–Crippen MR) is 73.2 cm³/mol. The van der Waals surface area contributed by atoms with E-state index in [1.54, 1.807) is 12.4 Å². The molecule has 1 aliphatic rings. The molecule has 3 rings (SSSR count). The van der Waals surface area contributed by atoms with E-state index >= 15 is 0 Å². The van der Waals surface area contributed by atoms with Crippen LogP contribution in [-0.2, 0) is 16.6 Å². The van der Waals surface area contributed by atoms with E-state index in [1.165, 1.54) is 15.6 Å². The average molecular weight is 314 g/mol. The lowest BCUT2D eigenvalue weighted by Gasteiger charge is -2.31. The number of aromatic nitrogens is 4. The largest absolute Gasteiger partial charge is 0.280 e. The summed E-state index contributed by atoms with van der Waals surface area (Å²) in [5, 5.41) is 12.8. The van der Waals surface area contributed by atoms with E-state index in [-0.39, 0.29) is 6.04 Å². The molecular weight excluding hydrogens is 300 g/mol. The first-order valence-electron chi connectivity index (χ1n) is 6.16. The molecule has 0 amide bonds. The first kappa shape index (κ1) is 13.6. The molecule has 2 aromatic heterocycles. The number of hydrogen-bond donors (Lipinski definition) is 2. The Bertz CT molecular complexity index is 639. The van der Waals surface area contributed by atoms with Crippen LogP contribution in [0.15, 0.2) is 17.8 Å². The summed E-state index contributed by atoms with van der Waals surface area (Å²) in [6.45, 7) is 0.879. The Morgan fingerprint density at radius 2 is 2.40 bits per heavy atom. The minimum atomic E-state index is -3.46. The number of H-pyrrole nitrogens is 1. The molecule has 10 heteroatoms. The van der Waals surface area contributed by atoms with Crippen molar-refractivity contribution in [1.82, 2.24) is 29.4 Å². The minimum Gasteiger partial charge on any atom is -0.248 e. The molecule has 108 valence electrons. The second-order valence-corrected chi connectivity index (χ2v) is 7.07. The minimum absolute atomic E-state index is 0.219. The maximum atomic E-state index is 12.2. The molecule has 1 fully saturated rings. The van der Waals surface area contributed by atoms with E-state index < -0.39 is 10.2 Å². The molecule has 3 heterocycles. The molecule has 0 aromatic carbocycles. The molecule has 1 atom stereocenters.